The van der Waals surface area contributed by atoms with Gasteiger partial charge in [0.2, 0.25) is 5.95 Å². The van der Waals surface area contributed by atoms with E-state index < -0.39 is 0 Å². The van der Waals surface area contributed by atoms with Gasteiger partial charge in [-0.05, 0) is 62.8 Å². The number of nitrogens with two attached hydrogens (primary N) is 1. The summed E-state index contributed by atoms with van der Waals surface area (Å²) in [5.74, 6) is 1.31. The molecule has 3 aromatic rings. The Labute approximate surface area is 206 Å². The summed E-state index contributed by atoms with van der Waals surface area (Å²) in [7, 11) is 0. The average Bonchev–Trinajstić information content (AvgIpc) is 3.46. The highest BCUT2D eigenvalue weighted by Crippen LogP contribution is 2.34. The van der Waals surface area contributed by atoms with Crippen LogP contribution in [0.4, 0.5) is 17.5 Å². The number of aromatic nitrogens is 4. The maximum Gasteiger partial charge on any atom is 0.227 e. The molecule has 176 valence electrons. The molecule has 2 aliphatic carbocycles. The Kier molecular flexibility index (Phi) is 8.35. The molecule has 2 saturated carbocycles. The Morgan fingerprint density at radius 3 is 2.33 bits per heavy atom. The molecule has 2 aliphatic rings. The van der Waals surface area contributed by atoms with Crippen molar-refractivity contribution in [3.05, 3.63) is 36.2 Å². The fourth-order valence-corrected chi connectivity index (χ4v) is 4.73. The molecule has 10 heteroatoms. The molecule has 0 spiro atoms. The van der Waals surface area contributed by atoms with E-state index >= 15 is 0 Å². The van der Waals surface area contributed by atoms with Crippen LogP contribution < -0.4 is 16.4 Å². The fraction of sp³-hybridized carbons (Fsp3) is 0.478. The number of anilines is 3. The van der Waals surface area contributed by atoms with E-state index in [2.05, 4.69) is 26.3 Å². The Hall–Kier alpha value is -2.60. The zero-order chi connectivity index (χ0) is 21.2. The summed E-state index contributed by atoms with van der Waals surface area (Å²) >= 11 is 0. The van der Waals surface area contributed by atoms with Crippen molar-refractivity contribution in [2.24, 2.45) is 5.73 Å². The van der Waals surface area contributed by atoms with Gasteiger partial charge in [0, 0.05) is 23.8 Å². The summed E-state index contributed by atoms with van der Waals surface area (Å²) in [5, 5.41) is 16.0. The first kappa shape index (κ1) is 25.0. The number of benzene rings is 1. The summed E-state index contributed by atoms with van der Waals surface area (Å²) in [4.78, 5) is 14.3. The highest BCUT2D eigenvalue weighted by atomic mass is 35.5. The molecule has 0 bridgehead atoms. The number of fused-ring (bicyclic) bond motifs is 1. The first-order valence-corrected chi connectivity index (χ1v) is 11.2. The number of hydrogen-bond donors (Lipinski definition) is 3. The molecule has 2 heterocycles. The van der Waals surface area contributed by atoms with Gasteiger partial charge in [-0.25, -0.2) is 4.98 Å². The Balaban J connectivity index is 0.00000153. The van der Waals surface area contributed by atoms with Crippen molar-refractivity contribution < 1.29 is 0 Å². The molecule has 0 radical (unpaired) electrons. The van der Waals surface area contributed by atoms with Crippen molar-refractivity contribution >= 4 is 53.4 Å². The molecule has 33 heavy (non-hydrogen) atoms. The van der Waals surface area contributed by atoms with Crippen molar-refractivity contribution in [1.29, 1.82) is 5.26 Å². The molecule has 0 atom stereocenters. The summed E-state index contributed by atoms with van der Waals surface area (Å²) in [6.45, 7) is 0. The quantitative estimate of drug-likeness (QED) is 0.457. The third-order valence-electron chi connectivity index (χ3n) is 6.52. The lowest BCUT2D eigenvalue weighted by Gasteiger charge is -2.27. The molecule has 2 fully saturated rings. The normalized spacial score (nSPS) is 20.5. The highest BCUT2D eigenvalue weighted by molar-refractivity contribution is 5.87. The van der Waals surface area contributed by atoms with Crippen LogP contribution in [0.3, 0.4) is 0 Å². The first-order chi connectivity index (χ1) is 15.2. The standard InChI is InChI=1S/C23H28N8.2ClH/c24-13-15-5-9-17(10-6-15)27-21-20-22(31(14-26-20)19-3-1-2-4-19)30-23(29-21)28-18-11-7-16(25)8-12-18;;/h5-6,9-10,14,16,18-19H,1-4,7-8,11-12,25H2,(H2,27,28,29,30);2*1H. The topological polar surface area (TPSA) is 117 Å². The monoisotopic (exact) mass is 488 g/mol. The number of rotatable bonds is 5. The molecule has 5 rings (SSSR count). The Bertz CT molecular complexity index is 1090. The van der Waals surface area contributed by atoms with Gasteiger partial charge in [0.25, 0.3) is 0 Å². The van der Waals surface area contributed by atoms with Crippen LogP contribution in [0.1, 0.15) is 63.0 Å². The van der Waals surface area contributed by atoms with E-state index in [0.717, 1.165) is 55.4 Å². The minimum absolute atomic E-state index is 0. The van der Waals surface area contributed by atoms with E-state index in [4.69, 9.17) is 21.0 Å². The molecular weight excluding hydrogens is 459 g/mol. The summed E-state index contributed by atoms with van der Waals surface area (Å²) in [6.07, 6.45) is 10.8. The lowest BCUT2D eigenvalue weighted by molar-refractivity contribution is 0.410. The van der Waals surface area contributed by atoms with Crippen LogP contribution in [0.15, 0.2) is 30.6 Å². The van der Waals surface area contributed by atoms with Gasteiger partial charge in [-0.2, -0.15) is 15.2 Å². The van der Waals surface area contributed by atoms with E-state index in [9.17, 15) is 0 Å². The molecule has 0 unspecified atom stereocenters. The zero-order valence-electron chi connectivity index (χ0n) is 18.4. The second kappa shape index (κ2) is 11.0. The van der Waals surface area contributed by atoms with Crippen molar-refractivity contribution in [3.8, 4) is 6.07 Å². The van der Waals surface area contributed by atoms with Crippen LogP contribution >= 0.6 is 24.8 Å². The van der Waals surface area contributed by atoms with Crippen LogP contribution in [0.2, 0.25) is 0 Å². The van der Waals surface area contributed by atoms with Crippen LogP contribution in [0.25, 0.3) is 11.2 Å². The SMILES string of the molecule is Cl.Cl.N#Cc1ccc(Nc2nc(NC3CCC(N)CC3)nc3c2ncn3C2CCCC2)cc1. The Morgan fingerprint density at radius 2 is 1.67 bits per heavy atom. The molecule has 8 nitrogen and oxygen atoms in total. The van der Waals surface area contributed by atoms with Crippen LogP contribution in [0, 0.1) is 11.3 Å². The van der Waals surface area contributed by atoms with Crippen molar-refractivity contribution in [2.75, 3.05) is 10.6 Å². The van der Waals surface area contributed by atoms with Gasteiger partial charge < -0.3 is 20.9 Å². The van der Waals surface area contributed by atoms with E-state index in [0.29, 0.717) is 35.5 Å². The number of hydrogen-bond acceptors (Lipinski definition) is 7. The molecule has 2 aromatic heterocycles. The first-order valence-electron chi connectivity index (χ1n) is 11.2. The van der Waals surface area contributed by atoms with Crippen molar-refractivity contribution in [3.63, 3.8) is 0 Å². The second-order valence-electron chi connectivity index (χ2n) is 8.73. The van der Waals surface area contributed by atoms with E-state index in [1.54, 1.807) is 12.1 Å². The molecule has 0 saturated heterocycles. The van der Waals surface area contributed by atoms with Gasteiger partial charge >= 0.3 is 0 Å². The fourth-order valence-electron chi connectivity index (χ4n) is 4.73. The number of nitrogens with one attached hydrogen (secondary N) is 2. The lowest BCUT2D eigenvalue weighted by Crippen LogP contribution is -2.33. The number of imidazole rings is 1. The maximum absolute atomic E-state index is 9.05. The lowest BCUT2D eigenvalue weighted by atomic mass is 9.92. The van der Waals surface area contributed by atoms with Crippen molar-refractivity contribution in [1.82, 2.24) is 19.5 Å². The summed E-state index contributed by atoms with van der Waals surface area (Å²) < 4.78 is 2.22. The van der Waals surface area contributed by atoms with Crippen LogP contribution in [0.5, 0.6) is 0 Å². The predicted octanol–water partition coefficient (Wildman–Crippen LogP) is 5.08. The van der Waals surface area contributed by atoms with E-state index in [1.807, 2.05) is 18.5 Å². The number of nitrogens with zero attached hydrogens (tertiary/aromatic N) is 5. The van der Waals surface area contributed by atoms with Crippen LogP contribution in [-0.2, 0) is 0 Å². The van der Waals surface area contributed by atoms with E-state index in [-0.39, 0.29) is 24.8 Å². The van der Waals surface area contributed by atoms with Crippen molar-refractivity contribution in [2.45, 2.75) is 69.5 Å². The van der Waals surface area contributed by atoms with Gasteiger partial charge in [0.1, 0.15) is 0 Å². The van der Waals surface area contributed by atoms with Gasteiger partial charge in [-0.1, -0.05) is 12.8 Å². The minimum Gasteiger partial charge on any atom is -0.351 e. The molecular formula is C23H30Cl2N8. The number of nitriles is 1. The molecule has 0 amide bonds. The predicted molar refractivity (Wildman–Crippen MR) is 136 cm³/mol. The van der Waals surface area contributed by atoms with Gasteiger partial charge in [-0.3, -0.25) is 0 Å². The second-order valence-corrected chi connectivity index (χ2v) is 8.73. The summed E-state index contributed by atoms with van der Waals surface area (Å²) in [6, 6.07) is 10.6. The molecule has 1 aromatic carbocycles. The molecule has 4 N–H and O–H groups in total. The average molecular weight is 489 g/mol. The van der Waals surface area contributed by atoms with Gasteiger partial charge in [-0.15, -0.1) is 24.8 Å². The maximum atomic E-state index is 9.05. The smallest absolute Gasteiger partial charge is 0.227 e. The van der Waals surface area contributed by atoms with Gasteiger partial charge in [0.05, 0.1) is 18.0 Å². The number of halogens is 2. The van der Waals surface area contributed by atoms with E-state index in [1.165, 1.54) is 12.8 Å². The minimum atomic E-state index is 0. The zero-order valence-corrected chi connectivity index (χ0v) is 20.0. The third kappa shape index (κ3) is 5.49. The summed E-state index contributed by atoms with van der Waals surface area (Å²) in [5.41, 5.74) is 9.20. The molecule has 0 aliphatic heterocycles. The van der Waals surface area contributed by atoms with Crippen LogP contribution in [-0.4, -0.2) is 31.6 Å². The largest absolute Gasteiger partial charge is 0.351 e. The van der Waals surface area contributed by atoms with Gasteiger partial charge in [0.15, 0.2) is 17.0 Å². The third-order valence-corrected chi connectivity index (χ3v) is 6.52. The Morgan fingerprint density at radius 1 is 0.970 bits per heavy atom. The highest BCUT2D eigenvalue weighted by Gasteiger charge is 2.24.